The van der Waals surface area contributed by atoms with Crippen molar-refractivity contribution >= 4 is 0 Å². The molecule has 1 N–H and O–H groups in total. The zero-order valence-electron chi connectivity index (χ0n) is 16.0. The Kier molecular flexibility index (Phi) is 7.06. The Morgan fingerprint density at radius 2 is 1.65 bits per heavy atom. The Morgan fingerprint density at radius 1 is 0.962 bits per heavy atom. The first-order valence-corrected chi connectivity index (χ1v) is 9.88. The number of ether oxygens (including phenoxy) is 4. The number of rotatable bonds is 6. The third-order valence-corrected chi connectivity index (χ3v) is 5.16. The second-order valence-corrected chi connectivity index (χ2v) is 7.54. The van der Waals surface area contributed by atoms with Gasteiger partial charge in [0.1, 0.15) is 0 Å². The molecule has 0 saturated carbocycles. The van der Waals surface area contributed by atoms with Crippen molar-refractivity contribution in [2.75, 3.05) is 0 Å². The maximum Gasteiger partial charge on any atom is 0.184 e. The molecular formula is C21H32O5. The summed E-state index contributed by atoms with van der Waals surface area (Å²) in [7, 11) is 0. The SMILES string of the molecule is CCC(O)CC1CC(CC2CC(C)O[C@@H](c3ccccc3)O2)O[C@@H](C)O1. The van der Waals surface area contributed by atoms with Crippen LogP contribution in [-0.2, 0) is 18.9 Å². The fourth-order valence-electron chi connectivity index (χ4n) is 3.86. The van der Waals surface area contributed by atoms with Crippen LogP contribution < -0.4 is 0 Å². The molecule has 0 aliphatic carbocycles. The standard InChI is InChI=1S/C21H32O5/c1-4-17(22)11-19-13-20(25-15(3)24-19)12-18-10-14(2)23-21(26-18)16-8-6-5-7-9-16/h5-9,14-15,17-22H,4,10-13H2,1-3H3/t14?,15-,17?,18?,19?,20?,21+/m0/s1. The van der Waals surface area contributed by atoms with Gasteiger partial charge in [-0.25, -0.2) is 0 Å². The third-order valence-electron chi connectivity index (χ3n) is 5.16. The van der Waals surface area contributed by atoms with Gasteiger partial charge in [0, 0.05) is 18.4 Å². The maximum absolute atomic E-state index is 9.94. The average Bonchev–Trinajstić information content (AvgIpc) is 2.61. The lowest BCUT2D eigenvalue weighted by atomic mass is 9.96. The van der Waals surface area contributed by atoms with Crippen LogP contribution >= 0.6 is 0 Å². The molecular weight excluding hydrogens is 332 g/mol. The number of aliphatic hydroxyl groups excluding tert-OH is 1. The van der Waals surface area contributed by atoms with E-state index in [0.29, 0.717) is 6.42 Å². The molecule has 0 bridgehead atoms. The number of hydrogen-bond acceptors (Lipinski definition) is 5. The van der Waals surface area contributed by atoms with Crippen LogP contribution in [0.5, 0.6) is 0 Å². The summed E-state index contributed by atoms with van der Waals surface area (Å²) in [6, 6.07) is 10.1. The Balaban J connectivity index is 1.58. The van der Waals surface area contributed by atoms with Crippen LogP contribution in [0.2, 0.25) is 0 Å². The van der Waals surface area contributed by atoms with E-state index in [9.17, 15) is 5.11 Å². The first kappa shape index (κ1) is 19.8. The molecule has 5 nitrogen and oxygen atoms in total. The molecule has 2 fully saturated rings. The predicted octanol–water partition coefficient (Wildman–Crippen LogP) is 3.95. The van der Waals surface area contributed by atoms with E-state index in [1.54, 1.807) is 0 Å². The zero-order chi connectivity index (χ0) is 18.5. The van der Waals surface area contributed by atoms with Gasteiger partial charge in [-0.2, -0.15) is 0 Å². The molecule has 3 rings (SSSR count). The lowest BCUT2D eigenvalue weighted by Crippen LogP contribution is -2.42. The molecule has 5 heteroatoms. The monoisotopic (exact) mass is 364 g/mol. The topological polar surface area (TPSA) is 57.2 Å². The average molecular weight is 364 g/mol. The summed E-state index contributed by atoms with van der Waals surface area (Å²) in [5, 5.41) is 9.94. The number of benzene rings is 1. The van der Waals surface area contributed by atoms with E-state index >= 15 is 0 Å². The Hall–Kier alpha value is -0.980. The lowest BCUT2D eigenvalue weighted by Gasteiger charge is -2.39. The normalized spacial score (nSPS) is 36.6. The van der Waals surface area contributed by atoms with Gasteiger partial charge in [0.05, 0.1) is 30.5 Å². The molecule has 1 aromatic carbocycles. The lowest BCUT2D eigenvalue weighted by molar-refractivity contribution is -0.270. The minimum Gasteiger partial charge on any atom is -0.393 e. The van der Waals surface area contributed by atoms with Gasteiger partial charge >= 0.3 is 0 Å². The van der Waals surface area contributed by atoms with Crippen LogP contribution in [0.4, 0.5) is 0 Å². The van der Waals surface area contributed by atoms with Gasteiger partial charge in [-0.05, 0) is 33.1 Å². The molecule has 26 heavy (non-hydrogen) atoms. The van der Waals surface area contributed by atoms with Crippen LogP contribution in [-0.4, -0.2) is 41.9 Å². The molecule has 0 amide bonds. The highest BCUT2D eigenvalue weighted by atomic mass is 16.7. The van der Waals surface area contributed by atoms with Crippen molar-refractivity contribution in [3.05, 3.63) is 35.9 Å². The fraction of sp³-hybridized carbons (Fsp3) is 0.714. The highest BCUT2D eigenvalue weighted by Crippen LogP contribution is 2.34. The smallest absolute Gasteiger partial charge is 0.184 e. The van der Waals surface area contributed by atoms with E-state index in [0.717, 1.165) is 31.2 Å². The second-order valence-electron chi connectivity index (χ2n) is 7.54. The molecule has 1 aromatic rings. The van der Waals surface area contributed by atoms with Gasteiger partial charge in [0.15, 0.2) is 12.6 Å². The van der Waals surface area contributed by atoms with Crippen LogP contribution in [0.1, 0.15) is 64.7 Å². The summed E-state index contributed by atoms with van der Waals surface area (Å²) in [6.07, 6.45) is 3.39. The number of hydrogen-bond donors (Lipinski definition) is 1. The Morgan fingerprint density at radius 3 is 2.38 bits per heavy atom. The highest BCUT2D eigenvalue weighted by molar-refractivity contribution is 5.16. The second kappa shape index (κ2) is 9.29. The van der Waals surface area contributed by atoms with Gasteiger partial charge in [-0.1, -0.05) is 37.3 Å². The quantitative estimate of drug-likeness (QED) is 0.828. The van der Waals surface area contributed by atoms with Crippen molar-refractivity contribution in [2.24, 2.45) is 0 Å². The minimum absolute atomic E-state index is 0.0425. The molecule has 0 aromatic heterocycles. The van der Waals surface area contributed by atoms with Crippen molar-refractivity contribution < 1.29 is 24.1 Å². The van der Waals surface area contributed by atoms with E-state index in [1.165, 1.54) is 0 Å². The highest BCUT2D eigenvalue weighted by Gasteiger charge is 2.34. The van der Waals surface area contributed by atoms with Gasteiger partial charge in [0.25, 0.3) is 0 Å². The fourth-order valence-corrected chi connectivity index (χ4v) is 3.86. The summed E-state index contributed by atoms with van der Waals surface area (Å²) in [4.78, 5) is 0. The summed E-state index contributed by atoms with van der Waals surface area (Å²) >= 11 is 0. The van der Waals surface area contributed by atoms with Gasteiger partial charge in [-0.15, -0.1) is 0 Å². The molecule has 7 atom stereocenters. The molecule has 146 valence electrons. The molecule has 0 radical (unpaired) electrons. The third kappa shape index (κ3) is 5.51. The summed E-state index contributed by atoms with van der Waals surface area (Å²) in [5.74, 6) is 0. The maximum atomic E-state index is 9.94. The molecule has 2 aliphatic heterocycles. The van der Waals surface area contributed by atoms with E-state index in [4.69, 9.17) is 18.9 Å². The Labute approximate surface area is 156 Å². The molecule has 0 spiro atoms. The van der Waals surface area contributed by atoms with Gasteiger partial charge in [-0.3, -0.25) is 0 Å². The van der Waals surface area contributed by atoms with Gasteiger partial charge < -0.3 is 24.1 Å². The first-order valence-electron chi connectivity index (χ1n) is 9.88. The summed E-state index contributed by atoms with van der Waals surface area (Å²) in [6.45, 7) is 6.02. The van der Waals surface area contributed by atoms with Crippen LogP contribution in [0, 0.1) is 0 Å². The molecule has 2 heterocycles. The van der Waals surface area contributed by atoms with Crippen molar-refractivity contribution in [3.63, 3.8) is 0 Å². The molecule has 2 aliphatic rings. The molecule has 2 saturated heterocycles. The van der Waals surface area contributed by atoms with Crippen LogP contribution in [0.25, 0.3) is 0 Å². The van der Waals surface area contributed by atoms with E-state index in [1.807, 2.05) is 44.2 Å². The van der Waals surface area contributed by atoms with Crippen molar-refractivity contribution in [1.82, 2.24) is 0 Å². The molecule has 5 unspecified atom stereocenters. The summed E-state index contributed by atoms with van der Waals surface area (Å²) < 4.78 is 24.0. The minimum atomic E-state index is -0.320. The number of aliphatic hydroxyl groups is 1. The van der Waals surface area contributed by atoms with E-state index < -0.39 is 0 Å². The van der Waals surface area contributed by atoms with E-state index in [2.05, 4.69) is 6.92 Å². The van der Waals surface area contributed by atoms with Crippen molar-refractivity contribution in [3.8, 4) is 0 Å². The van der Waals surface area contributed by atoms with Crippen LogP contribution in [0.15, 0.2) is 30.3 Å². The Bertz CT molecular complexity index is 536. The predicted molar refractivity (Wildman–Crippen MR) is 98.6 cm³/mol. The van der Waals surface area contributed by atoms with E-state index in [-0.39, 0.29) is 43.1 Å². The van der Waals surface area contributed by atoms with Crippen molar-refractivity contribution in [2.45, 2.75) is 96.0 Å². The van der Waals surface area contributed by atoms with Crippen molar-refractivity contribution in [1.29, 1.82) is 0 Å². The first-order chi connectivity index (χ1) is 12.5. The summed E-state index contributed by atoms with van der Waals surface area (Å²) in [5.41, 5.74) is 1.05. The zero-order valence-corrected chi connectivity index (χ0v) is 16.0. The van der Waals surface area contributed by atoms with Gasteiger partial charge in [0.2, 0.25) is 0 Å². The largest absolute Gasteiger partial charge is 0.393 e. The van der Waals surface area contributed by atoms with Crippen LogP contribution in [0.3, 0.4) is 0 Å².